The molecule has 2 aromatic carbocycles. The predicted octanol–water partition coefficient (Wildman–Crippen LogP) is 3.44. The van der Waals surface area contributed by atoms with Crippen LogP contribution >= 0.6 is 11.3 Å². The number of aromatic nitrogens is 1. The Hall–Kier alpha value is -2.99. The van der Waals surface area contributed by atoms with E-state index in [1.807, 2.05) is 24.3 Å². The molecule has 30 heavy (non-hydrogen) atoms. The van der Waals surface area contributed by atoms with Gasteiger partial charge in [-0.15, -0.1) is 0 Å². The number of thiazole rings is 1. The third-order valence-electron chi connectivity index (χ3n) is 5.67. The zero-order valence-corrected chi connectivity index (χ0v) is 18.2. The molecule has 0 spiro atoms. The van der Waals surface area contributed by atoms with Gasteiger partial charge in [0.1, 0.15) is 6.04 Å². The first-order valence-corrected chi connectivity index (χ1v) is 11.1. The predicted molar refractivity (Wildman–Crippen MR) is 121 cm³/mol. The fourth-order valence-corrected chi connectivity index (χ4v) is 5.25. The topological polar surface area (TPSA) is 68.0 Å². The minimum atomic E-state index is -0.179. The maximum Gasteiger partial charge on any atom is 0.355 e. The molecule has 152 valence electrons. The number of para-hydroxylation sites is 1. The molecular formula is C24H25N4OS+. The number of fused-ring (bicyclic) bond motifs is 1. The zero-order chi connectivity index (χ0) is 20.9. The van der Waals surface area contributed by atoms with Crippen LogP contribution in [0.4, 0.5) is 5.13 Å². The van der Waals surface area contributed by atoms with Crippen LogP contribution in [0, 0.1) is 12.3 Å². The van der Waals surface area contributed by atoms with Gasteiger partial charge in [0.05, 0.1) is 21.5 Å². The summed E-state index contributed by atoms with van der Waals surface area (Å²) in [6, 6.07) is 16.3. The summed E-state index contributed by atoms with van der Waals surface area (Å²) >= 11 is 1.61. The summed E-state index contributed by atoms with van der Waals surface area (Å²) in [7, 11) is 0. The van der Waals surface area contributed by atoms with Gasteiger partial charge in [-0.2, -0.15) is 0 Å². The first-order chi connectivity index (χ1) is 14.4. The largest absolute Gasteiger partial charge is 0.355 e. The van der Waals surface area contributed by atoms with E-state index in [2.05, 4.69) is 65.6 Å². The van der Waals surface area contributed by atoms with E-state index >= 15 is 0 Å². The van der Waals surface area contributed by atoms with Crippen molar-refractivity contribution >= 4 is 38.4 Å². The van der Waals surface area contributed by atoms with Crippen molar-refractivity contribution in [2.75, 3.05) is 5.32 Å². The molecule has 1 aliphatic carbocycles. The number of anilines is 1. The van der Waals surface area contributed by atoms with Crippen LogP contribution in [0.5, 0.6) is 0 Å². The molecule has 0 unspecified atom stereocenters. The highest BCUT2D eigenvalue weighted by Crippen LogP contribution is 2.39. The second-order valence-electron chi connectivity index (χ2n) is 8.94. The molecule has 2 aliphatic rings. The molecule has 6 heteroatoms. The minimum absolute atomic E-state index is 0.0572. The summed E-state index contributed by atoms with van der Waals surface area (Å²) in [5, 5.41) is 7.70. The van der Waals surface area contributed by atoms with Crippen molar-refractivity contribution in [2.45, 2.75) is 39.7 Å². The van der Waals surface area contributed by atoms with Gasteiger partial charge in [-0.25, -0.2) is 15.6 Å². The monoisotopic (exact) mass is 417 g/mol. The van der Waals surface area contributed by atoms with Gasteiger partial charge in [-0.05, 0) is 30.0 Å². The van der Waals surface area contributed by atoms with Crippen LogP contribution in [-0.2, 0) is 4.79 Å². The smallest absolute Gasteiger partial charge is 0.294 e. The highest BCUT2D eigenvalue weighted by atomic mass is 32.1. The number of nitrogens with one attached hydrogen (secondary N) is 3. The number of rotatable bonds is 2. The van der Waals surface area contributed by atoms with E-state index in [1.165, 1.54) is 5.56 Å². The molecule has 0 radical (unpaired) electrons. The lowest BCUT2D eigenvalue weighted by Gasteiger charge is -2.34. The Balaban J connectivity index is 1.55. The van der Waals surface area contributed by atoms with Crippen molar-refractivity contribution in [3.8, 4) is 0 Å². The van der Waals surface area contributed by atoms with Crippen molar-refractivity contribution in [2.24, 2.45) is 5.41 Å². The number of guanidine groups is 1. The Morgan fingerprint density at radius 2 is 2.00 bits per heavy atom. The van der Waals surface area contributed by atoms with E-state index in [0.717, 1.165) is 44.6 Å². The van der Waals surface area contributed by atoms with E-state index < -0.39 is 0 Å². The number of carbonyl (C=O) groups excluding carboxylic acids is 1. The zero-order valence-electron chi connectivity index (χ0n) is 17.4. The van der Waals surface area contributed by atoms with E-state index in [1.54, 1.807) is 11.3 Å². The fourth-order valence-electron chi connectivity index (χ4n) is 4.38. The average molecular weight is 418 g/mol. The van der Waals surface area contributed by atoms with Crippen LogP contribution < -0.4 is 15.6 Å². The van der Waals surface area contributed by atoms with Crippen molar-refractivity contribution in [1.82, 2.24) is 10.3 Å². The molecule has 0 saturated carbocycles. The van der Waals surface area contributed by atoms with Crippen LogP contribution in [0.25, 0.3) is 10.2 Å². The van der Waals surface area contributed by atoms with Crippen molar-refractivity contribution in [3.05, 3.63) is 70.9 Å². The molecule has 0 amide bonds. The van der Waals surface area contributed by atoms with Crippen molar-refractivity contribution in [3.63, 3.8) is 0 Å². The normalized spacial score (nSPS) is 20.6. The molecule has 5 rings (SSSR count). The van der Waals surface area contributed by atoms with Gasteiger partial charge in [0.25, 0.3) is 5.13 Å². The number of aryl methyl sites for hydroxylation is 1. The second kappa shape index (κ2) is 7.06. The molecule has 1 atom stereocenters. The number of hydrogen-bond acceptors (Lipinski definition) is 5. The van der Waals surface area contributed by atoms with E-state index in [9.17, 15) is 4.79 Å². The number of hydrogen-bond donors (Lipinski definition) is 3. The van der Waals surface area contributed by atoms with Crippen LogP contribution in [0.15, 0.2) is 59.8 Å². The van der Waals surface area contributed by atoms with Crippen LogP contribution in [-0.4, -0.2) is 16.7 Å². The highest BCUT2D eigenvalue weighted by molar-refractivity contribution is 7.22. The highest BCUT2D eigenvalue weighted by Gasteiger charge is 2.41. The van der Waals surface area contributed by atoms with E-state index in [-0.39, 0.29) is 17.2 Å². The third kappa shape index (κ3) is 3.52. The lowest BCUT2D eigenvalue weighted by Crippen LogP contribution is -2.82. The van der Waals surface area contributed by atoms with Gasteiger partial charge in [0.15, 0.2) is 5.78 Å². The van der Waals surface area contributed by atoms with E-state index in [0.29, 0.717) is 6.42 Å². The Bertz CT molecular complexity index is 1190. The lowest BCUT2D eigenvalue weighted by atomic mass is 9.73. The number of Topliss-reactive ketones (excluding diaryl/α,β-unsaturated/α-hetero) is 1. The quantitative estimate of drug-likeness (QED) is 0.598. The molecule has 2 heterocycles. The Morgan fingerprint density at radius 1 is 1.17 bits per heavy atom. The summed E-state index contributed by atoms with van der Waals surface area (Å²) in [6.45, 7) is 6.39. The standard InChI is InChI=1S/C24H24N4OS/c1-14-7-6-8-15(11-14)21-20-17(12-24(2,3)13-18(20)29)25-22(27-21)28-23-26-16-9-4-5-10-19(16)30-23/h4-11,21H,12-13H2,1-3H3,(H2,25,26,27,28)/p+1/t21-/m0/s1. The summed E-state index contributed by atoms with van der Waals surface area (Å²) in [5.74, 6) is 0.983. The van der Waals surface area contributed by atoms with Gasteiger partial charge in [0.2, 0.25) is 0 Å². The Morgan fingerprint density at radius 3 is 2.80 bits per heavy atom. The second-order valence-corrected chi connectivity index (χ2v) is 9.97. The lowest BCUT2D eigenvalue weighted by molar-refractivity contribution is -0.502. The molecule has 1 aromatic heterocycles. The summed E-state index contributed by atoms with van der Waals surface area (Å²) in [6.07, 6.45) is 1.40. The molecule has 0 fully saturated rings. The first-order valence-electron chi connectivity index (χ1n) is 10.2. The van der Waals surface area contributed by atoms with Crippen molar-refractivity contribution in [1.29, 1.82) is 0 Å². The Labute approximate surface area is 179 Å². The van der Waals surface area contributed by atoms with Gasteiger partial charge in [-0.1, -0.05) is 67.1 Å². The van der Waals surface area contributed by atoms with Crippen LogP contribution in [0.2, 0.25) is 0 Å². The van der Waals surface area contributed by atoms with Gasteiger partial charge >= 0.3 is 5.96 Å². The third-order valence-corrected chi connectivity index (χ3v) is 6.63. The van der Waals surface area contributed by atoms with Gasteiger partial charge < -0.3 is 0 Å². The SMILES string of the molecule is Cc1cccc([C@@H]2[NH+]=C(Nc3nc4ccccc4s3)NC3=C2C(=O)CC(C)(C)C3)c1. The van der Waals surface area contributed by atoms with Gasteiger partial charge in [-0.3, -0.25) is 9.79 Å². The average Bonchev–Trinajstić information content (AvgIpc) is 3.08. The summed E-state index contributed by atoms with van der Waals surface area (Å²) < 4.78 is 1.14. The number of ketones is 1. The number of allylic oxidation sites excluding steroid dienone is 1. The molecule has 0 saturated heterocycles. The summed E-state index contributed by atoms with van der Waals surface area (Å²) in [5.41, 5.74) is 5.06. The van der Waals surface area contributed by atoms with E-state index in [4.69, 9.17) is 0 Å². The number of benzene rings is 2. The maximum atomic E-state index is 13.1. The van der Waals surface area contributed by atoms with Gasteiger partial charge in [0, 0.05) is 12.8 Å². The van der Waals surface area contributed by atoms with Crippen LogP contribution in [0.1, 0.15) is 43.9 Å². The van der Waals surface area contributed by atoms with Crippen LogP contribution in [0.3, 0.4) is 0 Å². The molecule has 3 N–H and O–H groups in total. The molecule has 3 aromatic rings. The minimum Gasteiger partial charge on any atom is -0.294 e. The molecule has 0 bridgehead atoms. The maximum absolute atomic E-state index is 13.1. The number of carbonyl (C=O) groups is 1. The molecule has 5 nitrogen and oxygen atoms in total. The summed E-state index contributed by atoms with van der Waals surface area (Å²) in [4.78, 5) is 21.3. The first kappa shape index (κ1) is 19.0. The van der Waals surface area contributed by atoms with Crippen molar-refractivity contribution < 1.29 is 9.79 Å². The fraction of sp³-hybridized carbons (Fsp3) is 0.292. The molecule has 1 aliphatic heterocycles. The molecular weight excluding hydrogens is 392 g/mol. The number of nitrogens with zero attached hydrogens (tertiary/aromatic N) is 1. The Kier molecular flexibility index (Phi) is 4.47.